The molecule has 0 aliphatic carbocycles. The van der Waals surface area contributed by atoms with E-state index in [0.717, 1.165) is 24.3 Å². The molecule has 2 rings (SSSR count). The fourth-order valence-electron chi connectivity index (χ4n) is 1.34. The Morgan fingerprint density at radius 1 is 1.15 bits per heavy atom. The number of anilines is 1. The molecule has 2 aromatic rings. The normalized spacial score (nSPS) is 11.2. The maximum Gasteiger partial charge on any atom is 0.416 e. The molecule has 8 heteroatoms. The second kappa shape index (κ2) is 5.16. The molecule has 0 aliphatic rings. The lowest BCUT2D eigenvalue weighted by Crippen LogP contribution is -2.13. The molecule has 1 heterocycles. The van der Waals surface area contributed by atoms with Crippen molar-refractivity contribution >= 4 is 11.8 Å². The van der Waals surface area contributed by atoms with Gasteiger partial charge in [0.15, 0.2) is 0 Å². The van der Waals surface area contributed by atoms with Crippen molar-refractivity contribution in [3.63, 3.8) is 0 Å². The summed E-state index contributed by atoms with van der Waals surface area (Å²) >= 11 is 0. The fraction of sp³-hybridized carbons (Fsp3) is 0.0833. The number of nitrogens with zero attached hydrogens (tertiary/aromatic N) is 2. The summed E-state index contributed by atoms with van der Waals surface area (Å²) in [5, 5.41) is 0. The minimum absolute atomic E-state index is 0.0472. The van der Waals surface area contributed by atoms with Crippen LogP contribution >= 0.6 is 0 Å². The zero-order valence-electron chi connectivity index (χ0n) is 9.89. The topological polar surface area (TPSA) is 78.1 Å². The van der Waals surface area contributed by atoms with Gasteiger partial charge in [-0.25, -0.2) is 14.8 Å². The van der Waals surface area contributed by atoms with E-state index in [1.807, 2.05) is 0 Å². The van der Waals surface area contributed by atoms with Crippen molar-refractivity contribution in [3.8, 4) is 5.75 Å². The summed E-state index contributed by atoms with van der Waals surface area (Å²) in [4.78, 5) is 18.9. The Bertz CT molecular complexity index is 627. The molecule has 0 atom stereocenters. The lowest BCUT2D eigenvalue weighted by molar-refractivity contribution is -0.137. The highest BCUT2D eigenvalue weighted by Gasteiger charge is 2.30. The van der Waals surface area contributed by atoms with Crippen LogP contribution in [0, 0.1) is 0 Å². The van der Waals surface area contributed by atoms with Gasteiger partial charge in [-0.2, -0.15) is 13.2 Å². The first kappa shape index (κ1) is 13.8. The Labute approximate surface area is 111 Å². The maximum absolute atomic E-state index is 12.3. The van der Waals surface area contributed by atoms with Gasteiger partial charge in [-0.3, -0.25) is 0 Å². The first-order chi connectivity index (χ1) is 9.36. The van der Waals surface area contributed by atoms with Crippen LogP contribution in [0.15, 0.2) is 36.5 Å². The van der Waals surface area contributed by atoms with Crippen molar-refractivity contribution in [2.24, 2.45) is 0 Å². The van der Waals surface area contributed by atoms with Crippen molar-refractivity contribution in [3.05, 3.63) is 47.9 Å². The molecule has 2 N–H and O–H groups in total. The van der Waals surface area contributed by atoms with Gasteiger partial charge in [-0.05, 0) is 30.3 Å². The molecular weight excluding hydrogens is 275 g/mol. The summed E-state index contributed by atoms with van der Waals surface area (Å²) in [5.74, 6) is -1.14. The van der Waals surface area contributed by atoms with Gasteiger partial charge in [0.05, 0.1) is 5.56 Å². The number of hydrogen-bond acceptors (Lipinski definition) is 5. The van der Waals surface area contributed by atoms with Crippen LogP contribution in [0.4, 0.5) is 19.0 Å². The number of halogens is 3. The molecule has 0 unspecified atom stereocenters. The largest absolute Gasteiger partial charge is 0.421 e. The van der Waals surface area contributed by atoms with Crippen molar-refractivity contribution in [1.82, 2.24) is 9.97 Å². The molecule has 0 saturated carbocycles. The Hall–Kier alpha value is -2.64. The average molecular weight is 283 g/mol. The lowest BCUT2D eigenvalue weighted by atomic mass is 10.2. The number of rotatable bonds is 2. The van der Waals surface area contributed by atoms with Crippen LogP contribution in [0.5, 0.6) is 5.75 Å². The minimum Gasteiger partial charge on any atom is -0.421 e. The number of carbonyl (C=O) groups excluding carboxylic acids is 1. The van der Waals surface area contributed by atoms with E-state index in [0.29, 0.717) is 0 Å². The zero-order valence-corrected chi connectivity index (χ0v) is 9.89. The molecule has 0 aliphatic heterocycles. The van der Waals surface area contributed by atoms with E-state index in [4.69, 9.17) is 10.5 Å². The Morgan fingerprint density at radius 3 is 2.35 bits per heavy atom. The number of benzene rings is 1. The number of carbonyl (C=O) groups is 1. The number of ether oxygens (including phenoxy) is 1. The molecule has 104 valence electrons. The van der Waals surface area contributed by atoms with Gasteiger partial charge in [-0.1, -0.05) is 0 Å². The average Bonchev–Trinajstić information content (AvgIpc) is 2.38. The van der Waals surface area contributed by atoms with E-state index < -0.39 is 17.7 Å². The second-order valence-corrected chi connectivity index (χ2v) is 3.72. The third-order valence-corrected chi connectivity index (χ3v) is 2.25. The van der Waals surface area contributed by atoms with Crippen LogP contribution in [-0.2, 0) is 6.18 Å². The van der Waals surface area contributed by atoms with Crippen molar-refractivity contribution in [2.75, 3.05) is 5.73 Å². The summed E-state index contributed by atoms with van der Waals surface area (Å²) in [6.45, 7) is 0. The summed E-state index contributed by atoms with van der Waals surface area (Å²) in [6.07, 6.45) is -3.18. The predicted molar refractivity (Wildman–Crippen MR) is 62.8 cm³/mol. The monoisotopic (exact) mass is 283 g/mol. The van der Waals surface area contributed by atoms with E-state index >= 15 is 0 Å². The SMILES string of the molecule is Nc1ccnc(C(=O)Oc2ccc(C(F)(F)F)cc2)n1. The Balaban J connectivity index is 2.12. The number of nitrogens with two attached hydrogens (primary N) is 1. The van der Waals surface area contributed by atoms with E-state index in [1.54, 1.807) is 0 Å². The van der Waals surface area contributed by atoms with Crippen molar-refractivity contribution in [2.45, 2.75) is 6.18 Å². The van der Waals surface area contributed by atoms with E-state index in [9.17, 15) is 18.0 Å². The van der Waals surface area contributed by atoms with Crippen LogP contribution in [0.1, 0.15) is 16.2 Å². The van der Waals surface area contributed by atoms with Crippen molar-refractivity contribution in [1.29, 1.82) is 0 Å². The molecule has 0 spiro atoms. The summed E-state index contributed by atoms with van der Waals surface area (Å²) in [7, 11) is 0. The molecule has 0 amide bonds. The highest BCUT2D eigenvalue weighted by atomic mass is 19.4. The molecule has 1 aromatic carbocycles. The van der Waals surface area contributed by atoms with Gasteiger partial charge in [0.25, 0.3) is 0 Å². The third kappa shape index (κ3) is 3.22. The first-order valence-corrected chi connectivity index (χ1v) is 5.34. The van der Waals surface area contributed by atoms with Crippen LogP contribution in [0.3, 0.4) is 0 Å². The lowest BCUT2D eigenvalue weighted by Gasteiger charge is -2.07. The smallest absolute Gasteiger partial charge is 0.416 e. The first-order valence-electron chi connectivity index (χ1n) is 5.34. The molecule has 20 heavy (non-hydrogen) atoms. The molecule has 5 nitrogen and oxygen atoms in total. The molecule has 0 radical (unpaired) electrons. The van der Waals surface area contributed by atoms with E-state index in [2.05, 4.69) is 9.97 Å². The zero-order chi connectivity index (χ0) is 14.8. The van der Waals surface area contributed by atoms with Crippen LogP contribution in [-0.4, -0.2) is 15.9 Å². The number of nitrogen functional groups attached to an aromatic ring is 1. The van der Waals surface area contributed by atoms with Gasteiger partial charge in [-0.15, -0.1) is 0 Å². The van der Waals surface area contributed by atoms with Crippen LogP contribution in [0.2, 0.25) is 0 Å². The standard InChI is InChI=1S/C12H8F3N3O2/c13-12(14,15)7-1-3-8(4-2-7)20-11(19)10-17-6-5-9(16)18-10/h1-6H,(H2,16,17,18). The van der Waals surface area contributed by atoms with E-state index in [1.165, 1.54) is 12.3 Å². The summed E-state index contributed by atoms with van der Waals surface area (Å²) in [6, 6.07) is 5.07. The molecular formula is C12H8F3N3O2. The van der Waals surface area contributed by atoms with Gasteiger partial charge < -0.3 is 10.5 Å². The molecule has 0 saturated heterocycles. The number of esters is 1. The van der Waals surface area contributed by atoms with E-state index in [-0.39, 0.29) is 17.4 Å². The molecule has 0 fully saturated rings. The van der Waals surface area contributed by atoms with Gasteiger partial charge in [0.1, 0.15) is 11.6 Å². The van der Waals surface area contributed by atoms with Gasteiger partial charge in [0, 0.05) is 6.20 Å². The third-order valence-electron chi connectivity index (χ3n) is 2.25. The number of hydrogen-bond donors (Lipinski definition) is 1. The van der Waals surface area contributed by atoms with Crippen molar-refractivity contribution < 1.29 is 22.7 Å². The number of alkyl halides is 3. The quantitative estimate of drug-likeness (QED) is 0.676. The molecule has 1 aromatic heterocycles. The van der Waals surface area contributed by atoms with Gasteiger partial charge >= 0.3 is 12.1 Å². The van der Waals surface area contributed by atoms with Crippen LogP contribution < -0.4 is 10.5 Å². The summed E-state index contributed by atoms with van der Waals surface area (Å²) in [5.41, 5.74) is 4.54. The Morgan fingerprint density at radius 2 is 1.80 bits per heavy atom. The second-order valence-electron chi connectivity index (χ2n) is 3.72. The highest BCUT2D eigenvalue weighted by Crippen LogP contribution is 2.30. The molecule has 0 bridgehead atoms. The fourth-order valence-corrected chi connectivity index (χ4v) is 1.34. The summed E-state index contributed by atoms with van der Waals surface area (Å²) < 4.78 is 41.9. The minimum atomic E-state index is -4.44. The highest BCUT2D eigenvalue weighted by molar-refractivity contribution is 5.87. The Kier molecular flexibility index (Phi) is 3.55. The predicted octanol–water partition coefficient (Wildman–Crippen LogP) is 2.30. The van der Waals surface area contributed by atoms with Gasteiger partial charge in [0.2, 0.25) is 5.82 Å². The van der Waals surface area contributed by atoms with Crippen LogP contribution in [0.25, 0.3) is 0 Å². The maximum atomic E-state index is 12.3. The number of aromatic nitrogens is 2.